The second-order valence-corrected chi connectivity index (χ2v) is 9.36. The molecule has 0 amide bonds. The molecule has 1 saturated carbocycles. The van der Waals surface area contributed by atoms with Crippen LogP contribution >= 0.6 is 11.6 Å². The summed E-state index contributed by atoms with van der Waals surface area (Å²) in [5.41, 5.74) is 3.20. The molecule has 6 rings (SSSR count). The number of ether oxygens (including phenoxy) is 1. The van der Waals surface area contributed by atoms with Crippen molar-refractivity contribution in [2.24, 2.45) is 5.92 Å². The van der Waals surface area contributed by atoms with Gasteiger partial charge in [0.1, 0.15) is 29.2 Å². The first-order valence-electron chi connectivity index (χ1n) is 11.5. The van der Waals surface area contributed by atoms with E-state index in [0.29, 0.717) is 5.15 Å². The van der Waals surface area contributed by atoms with Crippen LogP contribution in [-0.4, -0.2) is 32.2 Å². The summed E-state index contributed by atoms with van der Waals surface area (Å²) < 4.78 is 8.46. The van der Waals surface area contributed by atoms with E-state index in [9.17, 15) is 0 Å². The van der Waals surface area contributed by atoms with E-state index < -0.39 is 0 Å². The minimum absolute atomic E-state index is 0.00170. The SMILES string of the molecule is Clc1ncnc2c1ccn2C1CCC(CCc2ccc3ccc(NCC4CC4)nc3c2)O1. The van der Waals surface area contributed by atoms with Crippen LogP contribution in [0.25, 0.3) is 21.9 Å². The Morgan fingerprint density at radius 1 is 1.06 bits per heavy atom. The third-order valence-corrected chi connectivity index (χ3v) is 6.94. The topological polar surface area (TPSA) is 64.9 Å². The van der Waals surface area contributed by atoms with Gasteiger partial charge in [0.15, 0.2) is 0 Å². The molecule has 1 aromatic carbocycles. The first-order chi connectivity index (χ1) is 15.7. The summed E-state index contributed by atoms with van der Waals surface area (Å²) in [6, 6.07) is 12.8. The summed E-state index contributed by atoms with van der Waals surface area (Å²) in [4.78, 5) is 13.3. The molecule has 6 nitrogen and oxygen atoms in total. The number of halogens is 1. The zero-order valence-electron chi connectivity index (χ0n) is 17.9. The van der Waals surface area contributed by atoms with Crippen LogP contribution < -0.4 is 5.32 Å². The number of pyridine rings is 1. The van der Waals surface area contributed by atoms with E-state index in [4.69, 9.17) is 21.3 Å². The highest BCUT2D eigenvalue weighted by Crippen LogP contribution is 2.34. The number of benzene rings is 1. The molecule has 3 aromatic heterocycles. The summed E-state index contributed by atoms with van der Waals surface area (Å²) in [5, 5.41) is 6.02. The Morgan fingerprint density at radius 2 is 1.97 bits per heavy atom. The van der Waals surface area contributed by atoms with E-state index in [1.165, 1.54) is 30.1 Å². The Hall–Kier alpha value is -2.70. The lowest BCUT2D eigenvalue weighted by Crippen LogP contribution is -2.12. The van der Waals surface area contributed by atoms with Crippen LogP contribution in [0.5, 0.6) is 0 Å². The van der Waals surface area contributed by atoms with Gasteiger partial charge in [0.25, 0.3) is 0 Å². The highest BCUT2D eigenvalue weighted by Gasteiger charge is 2.27. The van der Waals surface area contributed by atoms with Crippen LogP contribution in [0.15, 0.2) is 48.9 Å². The molecule has 2 aliphatic rings. The minimum Gasteiger partial charge on any atom is -0.370 e. The van der Waals surface area contributed by atoms with E-state index in [0.717, 1.165) is 60.5 Å². The maximum atomic E-state index is 6.38. The molecule has 7 heteroatoms. The fourth-order valence-electron chi connectivity index (χ4n) is 4.59. The number of nitrogens with zero attached hydrogens (tertiary/aromatic N) is 4. The third kappa shape index (κ3) is 4.05. The fourth-order valence-corrected chi connectivity index (χ4v) is 4.78. The highest BCUT2D eigenvalue weighted by molar-refractivity contribution is 6.33. The fraction of sp³-hybridized carbons (Fsp3) is 0.400. The first kappa shape index (κ1) is 19.9. The van der Waals surface area contributed by atoms with Gasteiger partial charge in [-0.2, -0.15) is 0 Å². The van der Waals surface area contributed by atoms with Crippen molar-refractivity contribution in [3.05, 3.63) is 59.6 Å². The smallest absolute Gasteiger partial charge is 0.146 e. The minimum atomic E-state index is 0.00170. The normalized spacial score (nSPS) is 20.9. The zero-order chi connectivity index (χ0) is 21.5. The summed E-state index contributed by atoms with van der Waals surface area (Å²) in [6.07, 6.45) is 10.4. The van der Waals surface area contributed by atoms with Gasteiger partial charge in [-0.25, -0.2) is 15.0 Å². The molecule has 4 aromatic rings. The molecular formula is C25H26ClN5O. The number of anilines is 1. The lowest BCUT2D eigenvalue weighted by molar-refractivity contribution is 0.00120. The van der Waals surface area contributed by atoms with Crippen LogP contribution in [0, 0.1) is 5.92 Å². The van der Waals surface area contributed by atoms with Gasteiger partial charge in [0.05, 0.1) is 17.0 Å². The predicted molar refractivity (Wildman–Crippen MR) is 127 cm³/mol. The molecule has 0 bridgehead atoms. The van der Waals surface area contributed by atoms with Gasteiger partial charge in [-0.1, -0.05) is 23.7 Å². The molecule has 1 aliphatic carbocycles. The van der Waals surface area contributed by atoms with Crippen LogP contribution in [-0.2, 0) is 11.2 Å². The molecule has 2 fully saturated rings. The maximum Gasteiger partial charge on any atom is 0.146 e. The van der Waals surface area contributed by atoms with Crippen molar-refractivity contribution in [2.45, 2.75) is 50.9 Å². The van der Waals surface area contributed by atoms with Crippen molar-refractivity contribution in [1.82, 2.24) is 19.5 Å². The van der Waals surface area contributed by atoms with Crippen LogP contribution in [0.1, 0.15) is 43.9 Å². The van der Waals surface area contributed by atoms with E-state index in [2.05, 4.69) is 50.2 Å². The van der Waals surface area contributed by atoms with Crippen molar-refractivity contribution in [3.63, 3.8) is 0 Å². The summed E-state index contributed by atoms with van der Waals surface area (Å²) in [5.74, 6) is 1.81. The number of aryl methyl sites for hydroxylation is 1. The molecule has 1 N–H and O–H groups in total. The molecule has 164 valence electrons. The standard InChI is InChI=1S/C25H26ClN5O/c26-24-20-11-12-31(25(20)29-15-28-24)23-10-8-19(32-23)7-4-16-3-5-18-6-9-22(30-21(18)13-16)27-14-17-1-2-17/h3,5-6,9,11-13,15,17,19,23H,1-2,4,7-8,10,14H2,(H,27,30). The van der Waals surface area contributed by atoms with Crippen molar-refractivity contribution in [1.29, 1.82) is 0 Å². The van der Waals surface area contributed by atoms with Gasteiger partial charge < -0.3 is 14.6 Å². The number of rotatable bonds is 7. The number of hydrogen-bond donors (Lipinski definition) is 1. The van der Waals surface area contributed by atoms with Gasteiger partial charge in [-0.15, -0.1) is 0 Å². The van der Waals surface area contributed by atoms with Crippen LogP contribution in [0.2, 0.25) is 5.15 Å². The Kier molecular flexibility index (Phi) is 5.20. The Balaban J connectivity index is 1.10. The van der Waals surface area contributed by atoms with Crippen LogP contribution in [0.4, 0.5) is 5.82 Å². The van der Waals surface area contributed by atoms with Crippen molar-refractivity contribution < 1.29 is 4.74 Å². The molecule has 0 radical (unpaired) electrons. The monoisotopic (exact) mass is 447 g/mol. The predicted octanol–water partition coefficient (Wildman–Crippen LogP) is 5.77. The maximum absolute atomic E-state index is 6.38. The first-order valence-corrected chi connectivity index (χ1v) is 11.9. The zero-order valence-corrected chi connectivity index (χ0v) is 18.6. The molecule has 4 heterocycles. The Morgan fingerprint density at radius 3 is 2.88 bits per heavy atom. The molecule has 0 spiro atoms. The van der Waals surface area contributed by atoms with E-state index in [1.54, 1.807) is 0 Å². The summed E-state index contributed by atoms with van der Waals surface area (Å²) in [7, 11) is 0. The van der Waals surface area contributed by atoms with Gasteiger partial charge in [-0.05, 0) is 74.3 Å². The van der Waals surface area contributed by atoms with Gasteiger partial charge >= 0.3 is 0 Å². The quantitative estimate of drug-likeness (QED) is 0.364. The molecule has 1 saturated heterocycles. The molecule has 2 atom stereocenters. The average molecular weight is 448 g/mol. The molecule has 32 heavy (non-hydrogen) atoms. The lowest BCUT2D eigenvalue weighted by atomic mass is 10.0. The summed E-state index contributed by atoms with van der Waals surface area (Å²) >= 11 is 6.19. The number of fused-ring (bicyclic) bond motifs is 2. The van der Waals surface area contributed by atoms with E-state index in [-0.39, 0.29) is 12.3 Å². The Bertz CT molecular complexity index is 1270. The lowest BCUT2D eigenvalue weighted by Gasteiger charge is -2.16. The number of hydrogen-bond acceptors (Lipinski definition) is 5. The molecule has 2 unspecified atom stereocenters. The number of aromatic nitrogens is 4. The van der Waals surface area contributed by atoms with Gasteiger partial charge in [0.2, 0.25) is 0 Å². The average Bonchev–Trinajstić information content (AvgIpc) is 3.34. The highest BCUT2D eigenvalue weighted by atomic mass is 35.5. The van der Waals surface area contributed by atoms with Crippen molar-refractivity contribution in [2.75, 3.05) is 11.9 Å². The van der Waals surface area contributed by atoms with E-state index in [1.807, 2.05) is 12.3 Å². The summed E-state index contributed by atoms with van der Waals surface area (Å²) in [6.45, 7) is 1.04. The van der Waals surface area contributed by atoms with Crippen LogP contribution in [0.3, 0.4) is 0 Å². The second kappa shape index (κ2) is 8.34. The van der Waals surface area contributed by atoms with Crippen molar-refractivity contribution >= 4 is 39.4 Å². The van der Waals surface area contributed by atoms with Gasteiger partial charge in [0, 0.05) is 18.1 Å². The van der Waals surface area contributed by atoms with Gasteiger partial charge in [-0.3, -0.25) is 0 Å². The molecular weight excluding hydrogens is 422 g/mol. The third-order valence-electron chi connectivity index (χ3n) is 6.64. The largest absolute Gasteiger partial charge is 0.370 e. The molecule has 1 aliphatic heterocycles. The number of nitrogens with one attached hydrogen (secondary N) is 1. The van der Waals surface area contributed by atoms with E-state index >= 15 is 0 Å². The van der Waals surface area contributed by atoms with Crippen molar-refractivity contribution in [3.8, 4) is 0 Å². The second-order valence-electron chi connectivity index (χ2n) is 9.00. The Labute approximate surface area is 192 Å².